The summed E-state index contributed by atoms with van der Waals surface area (Å²) in [6.45, 7) is 3.83. The van der Waals surface area contributed by atoms with Crippen LogP contribution >= 0.6 is 0 Å². The highest BCUT2D eigenvalue weighted by Crippen LogP contribution is 2.20. The molecule has 0 fully saturated rings. The molecule has 20 heavy (non-hydrogen) atoms. The van der Waals surface area contributed by atoms with Crippen LogP contribution in [0.5, 0.6) is 5.75 Å². The fraction of sp³-hybridized carbons (Fsp3) is 0.429. The van der Waals surface area contributed by atoms with Crippen molar-refractivity contribution in [1.29, 1.82) is 0 Å². The van der Waals surface area contributed by atoms with Gasteiger partial charge < -0.3 is 15.1 Å². The molecule has 2 N–H and O–H groups in total. The normalized spacial score (nSPS) is 10.4. The van der Waals surface area contributed by atoms with Crippen LogP contribution in [0, 0.1) is 5.92 Å². The number of phenolic OH excluding ortho intramolecular Hbond substituents is 1. The molecule has 1 rings (SSSR count). The number of hydrogen-bond donors (Lipinski definition) is 2. The van der Waals surface area contributed by atoms with Crippen LogP contribution in [0.25, 0.3) is 0 Å². The highest BCUT2D eigenvalue weighted by molar-refractivity contribution is 5.93. The molecule has 2 amide bonds. The molecule has 0 aliphatic rings. The van der Waals surface area contributed by atoms with Gasteiger partial charge in [-0.15, -0.1) is 0 Å². The molecule has 0 unspecified atom stereocenters. The maximum Gasteiger partial charge on any atom is 0.324 e. The summed E-state index contributed by atoms with van der Waals surface area (Å²) in [4.78, 5) is 25.8. The Balaban J connectivity index is 2.90. The van der Waals surface area contributed by atoms with Crippen molar-refractivity contribution in [3.05, 3.63) is 24.3 Å². The van der Waals surface area contributed by atoms with Crippen molar-refractivity contribution in [2.45, 2.75) is 13.8 Å². The second-order valence-electron chi connectivity index (χ2n) is 5.03. The third-order valence-electron chi connectivity index (χ3n) is 2.69. The van der Waals surface area contributed by atoms with Crippen LogP contribution in [-0.2, 0) is 4.79 Å². The summed E-state index contributed by atoms with van der Waals surface area (Å²) in [5.74, 6) is -0.838. The Hall–Kier alpha value is -2.24. The zero-order valence-corrected chi connectivity index (χ0v) is 11.9. The lowest BCUT2D eigenvalue weighted by atomic mass is 10.2. The topological polar surface area (TPSA) is 81.1 Å². The van der Waals surface area contributed by atoms with E-state index >= 15 is 0 Å². The van der Waals surface area contributed by atoms with Gasteiger partial charge in [-0.3, -0.25) is 9.69 Å². The molecule has 0 bridgehead atoms. The molecule has 0 atom stereocenters. The fourth-order valence-electron chi connectivity index (χ4n) is 1.84. The van der Waals surface area contributed by atoms with Crippen LogP contribution in [0.2, 0.25) is 0 Å². The maximum atomic E-state index is 12.3. The molecular formula is C14H20N2O4. The zero-order chi connectivity index (χ0) is 15.3. The Morgan fingerprint density at radius 1 is 1.30 bits per heavy atom. The molecule has 0 spiro atoms. The number of urea groups is 1. The number of hydrogen-bond acceptors (Lipinski definition) is 3. The minimum absolute atomic E-state index is 0.0517. The molecule has 0 aliphatic carbocycles. The van der Waals surface area contributed by atoms with Crippen LogP contribution in [0.4, 0.5) is 10.5 Å². The van der Waals surface area contributed by atoms with Gasteiger partial charge in [0.25, 0.3) is 0 Å². The molecule has 6 nitrogen and oxygen atoms in total. The predicted octanol–water partition coefficient (Wildman–Crippen LogP) is 1.99. The number of nitrogens with zero attached hydrogens (tertiary/aromatic N) is 2. The molecular weight excluding hydrogens is 260 g/mol. The highest BCUT2D eigenvalue weighted by atomic mass is 16.4. The van der Waals surface area contributed by atoms with Crippen molar-refractivity contribution in [3.63, 3.8) is 0 Å². The molecule has 1 aromatic carbocycles. The van der Waals surface area contributed by atoms with Gasteiger partial charge in [-0.1, -0.05) is 19.9 Å². The summed E-state index contributed by atoms with van der Waals surface area (Å²) >= 11 is 0. The summed E-state index contributed by atoms with van der Waals surface area (Å²) < 4.78 is 0. The molecule has 1 aromatic rings. The minimum atomic E-state index is -1.05. The van der Waals surface area contributed by atoms with E-state index in [1.54, 1.807) is 19.2 Å². The maximum absolute atomic E-state index is 12.3. The number of carbonyl (C=O) groups is 2. The number of phenols is 1. The number of benzene rings is 1. The van der Waals surface area contributed by atoms with Crippen molar-refractivity contribution < 1.29 is 19.8 Å². The van der Waals surface area contributed by atoms with Gasteiger partial charge in [0, 0.05) is 25.3 Å². The second kappa shape index (κ2) is 6.79. The van der Waals surface area contributed by atoms with Gasteiger partial charge in [0.2, 0.25) is 0 Å². The molecule has 0 heterocycles. The van der Waals surface area contributed by atoms with Crippen LogP contribution < -0.4 is 4.90 Å². The van der Waals surface area contributed by atoms with Gasteiger partial charge in [-0.05, 0) is 18.1 Å². The Bertz CT molecular complexity index is 488. The summed E-state index contributed by atoms with van der Waals surface area (Å²) in [5, 5.41) is 18.3. The lowest BCUT2D eigenvalue weighted by Crippen LogP contribution is -2.45. The Morgan fingerprint density at radius 3 is 2.45 bits per heavy atom. The summed E-state index contributed by atoms with van der Waals surface area (Å²) in [6, 6.07) is 5.84. The summed E-state index contributed by atoms with van der Waals surface area (Å²) in [7, 11) is 1.55. The molecule has 0 aromatic heterocycles. The van der Waals surface area contributed by atoms with Crippen molar-refractivity contribution in [2.75, 3.05) is 25.0 Å². The van der Waals surface area contributed by atoms with Gasteiger partial charge in [0.05, 0.1) is 0 Å². The SMILES string of the molecule is CC(C)CN(CC(=O)O)C(=O)N(C)c1cccc(O)c1. The van der Waals surface area contributed by atoms with Gasteiger partial charge in [0.15, 0.2) is 0 Å². The predicted molar refractivity (Wildman–Crippen MR) is 76.0 cm³/mol. The largest absolute Gasteiger partial charge is 0.508 e. The van der Waals surface area contributed by atoms with E-state index in [0.717, 1.165) is 0 Å². The van der Waals surface area contributed by atoms with Crippen LogP contribution in [0.1, 0.15) is 13.8 Å². The first-order valence-electron chi connectivity index (χ1n) is 6.34. The average molecular weight is 280 g/mol. The first-order chi connectivity index (χ1) is 9.31. The fourth-order valence-corrected chi connectivity index (χ4v) is 1.84. The van der Waals surface area contributed by atoms with Gasteiger partial charge >= 0.3 is 12.0 Å². The third kappa shape index (κ3) is 4.46. The quantitative estimate of drug-likeness (QED) is 0.864. The third-order valence-corrected chi connectivity index (χ3v) is 2.69. The monoisotopic (exact) mass is 280 g/mol. The lowest BCUT2D eigenvalue weighted by Gasteiger charge is -2.28. The smallest absolute Gasteiger partial charge is 0.324 e. The summed E-state index contributed by atoms with van der Waals surface area (Å²) in [5.41, 5.74) is 0.508. The minimum Gasteiger partial charge on any atom is -0.508 e. The number of aromatic hydroxyl groups is 1. The molecule has 110 valence electrons. The Kier molecular flexibility index (Phi) is 5.37. The van der Waals surface area contributed by atoms with E-state index in [1.165, 1.54) is 21.9 Å². The molecule has 0 saturated heterocycles. The zero-order valence-electron chi connectivity index (χ0n) is 11.9. The van der Waals surface area contributed by atoms with E-state index in [2.05, 4.69) is 0 Å². The van der Waals surface area contributed by atoms with E-state index in [9.17, 15) is 14.7 Å². The van der Waals surface area contributed by atoms with Crippen molar-refractivity contribution in [2.24, 2.45) is 5.92 Å². The Morgan fingerprint density at radius 2 is 1.95 bits per heavy atom. The van der Waals surface area contributed by atoms with Crippen LogP contribution in [-0.4, -0.2) is 47.3 Å². The van der Waals surface area contributed by atoms with Gasteiger partial charge in [-0.25, -0.2) is 4.79 Å². The van der Waals surface area contributed by atoms with Crippen molar-refractivity contribution >= 4 is 17.7 Å². The number of amides is 2. The standard InChI is InChI=1S/C14H20N2O4/c1-10(2)8-16(9-13(18)19)14(20)15(3)11-5-4-6-12(17)7-11/h4-7,10,17H,8-9H2,1-3H3,(H,18,19). The lowest BCUT2D eigenvalue weighted by molar-refractivity contribution is -0.137. The molecule has 0 radical (unpaired) electrons. The van der Waals surface area contributed by atoms with E-state index in [4.69, 9.17) is 5.11 Å². The van der Waals surface area contributed by atoms with E-state index in [1.807, 2.05) is 13.8 Å². The second-order valence-corrected chi connectivity index (χ2v) is 5.03. The molecule has 0 saturated carbocycles. The summed E-state index contributed by atoms with van der Waals surface area (Å²) in [6.07, 6.45) is 0. The van der Waals surface area contributed by atoms with Gasteiger partial charge in [0.1, 0.15) is 12.3 Å². The number of carbonyl (C=O) groups excluding carboxylic acids is 1. The molecule has 6 heteroatoms. The van der Waals surface area contributed by atoms with E-state index in [-0.39, 0.29) is 18.2 Å². The number of aliphatic carboxylic acids is 1. The first-order valence-corrected chi connectivity index (χ1v) is 6.34. The number of carboxylic acids is 1. The van der Waals surface area contributed by atoms with Crippen LogP contribution in [0.3, 0.4) is 0 Å². The van der Waals surface area contributed by atoms with Gasteiger partial charge in [-0.2, -0.15) is 0 Å². The number of rotatable bonds is 5. The van der Waals surface area contributed by atoms with Crippen molar-refractivity contribution in [3.8, 4) is 5.75 Å². The highest BCUT2D eigenvalue weighted by Gasteiger charge is 2.22. The molecule has 0 aliphatic heterocycles. The van der Waals surface area contributed by atoms with E-state index < -0.39 is 12.0 Å². The van der Waals surface area contributed by atoms with Crippen molar-refractivity contribution in [1.82, 2.24) is 4.90 Å². The number of carboxylic acid groups (broad SMARTS) is 1. The first kappa shape index (κ1) is 15.8. The van der Waals surface area contributed by atoms with Crippen LogP contribution in [0.15, 0.2) is 24.3 Å². The average Bonchev–Trinajstić information content (AvgIpc) is 2.35. The number of anilines is 1. The van der Waals surface area contributed by atoms with E-state index in [0.29, 0.717) is 12.2 Å². The Labute approximate surface area is 118 Å².